The second kappa shape index (κ2) is 21.4. The van der Waals surface area contributed by atoms with E-state index in [4.69, 9.17) is 19.9 Å². The first-order valence-corrected chi connectivity index (χ1v) is 30.4. The topological polar surface area (TPSA) is 101 Å². The summed E-state index contributed by atoms with van der Waals surface area (Å²) in [5.74, 6) is 0. The molecule has 0 aliphatic carbocycles. The summed E-state index contributed by atoms with van der Waals surface area (Å²) >= 11 is 0. The molecule has 3 N–H and O–H groups in total. The Morgan fingerprint density at radius 2 is 0.430 bits per heavy atom. The van der Waals surface area contributed by atoms with Crippen LogP contribution in [0.1, 0.15) is 106 Å². The number of benzene rings is 8. The van der Waals surface area contributed by atoms with Crippen molar-refractivity contribution in [3.05, 3.63) is 187 Å². The molecule has 8 bridgehead atoms. The fourth-order valence-electron chi connectivity index (χ4n) is 13.1. The molecule has 2 aliphatic heterocycles. The number of rotatable bonds is 0. The van der Waals surface area contributed by atoms with Gasteiger partial charge in [0, 0.05) is 71.1 Å². The zero-order chi connectivity index (χ0) is 59.9. The van der Waals surface area contributed by atoms with Crippen LogP contribution in [0.4, 0.5) is 0 Å². The molecule has 7 nitrogen and oxygen atoms in total. The van der Waals surface area contributed by atoms with Crippen LogP contribution in [-0.4, -0.2) is 24.9 Å². The van der Waals surface area contributed by atoms with Gasteiger partial charge in [0.25, 0.3) is 0 Å². The second-order valence-corrected chi connectivity index (χ2v) is 24.1. The summed E-state index contributed by atoms with van der Waals surface area (Å²) in [6, 6.07) is 40.8. The van der Waals surface area contributed by atoms with E-state index in [-0.39, 0.29) is 17.1 Å². The number of H-pyrrole nitrogens is 3. The van der Waals surface area contributed by atoms with E-state index in [2.05, 4.69) is 221 Å². The van der Waals surface area contributed by atoms with Gasteiger partial charge in [-0.3, -0.25) is 0 Å². The molecule has 0 saturated carbocycles. The molecule has 433 valence electrons. The van der Waals surface area contributed by atoms with Crippen LogP contribution in [0.3, 0.4) is 0 Å². The van der Waals surface area contributed by atoms with E-state index < -0.39 is 0 Å². The quantitative estimate of drug-likeness (QED) is 0.132. The standard InChI is InChI=1S/C44H36N4.C30H27N3.2C2H6.Cu/c1-21-9-29-30(10-22(21)2)38-18-40-33-13-25(5)26(6)14-34(33)42(47-40)20-44-36-16-28(8)27(7)15-35(36)43(48-44)19-41-32-12-24(4)23(3)11-31(32)39(46-41)17-37(29)45-38;1-13-7-19-22(10-16(13)4)31-28-25(19)29-27(20-8-14(2)17(5)11-23(20)32-29)30-26(28)21-9-15(3)18(6)12-24(21)33-30;2*1-2;/h9-20H,1-8H3;7-12,31-33H,1-6H3;2*1-2H3;/q-2;;;;+2. The average molecular weight is 1170 g/mol. The Morgan fingerprint density at radius 3 is 0.651 bits per heavy atom. The van der Waals surface area contributed by atoms with Crippen molar-refractivity contribution in [3.8, 4) is 45.0 Å². The second-order valence-electron chi connectivity index (χ2n) is 24.1. The molecule has 1 radical (unpaired) electrons. The van der Waals surface area contributed by atoms with E-state index in [1.54, 1.807) is 0 Å². The Balaban J connectivity index is 0.000000167. The smallest absolute Gasteiger partial charge is 0.657 e. The Bertz CT molecular complexity index is 4770. The SMILES string of the molecule is CC.CC.Cc1cc2[nH]c3c(c2cc1C)c1[nH]c2cc(C)c(C)cc2c1c1[nH]c2cc(C)c(C)cc2c31.Cc1cc2c(cc1C)-c1cc3[n-]c(cc4nc(cc5[n-]c(cc-2n1)c1cc(C)c(C)cc51)-c1cc(C)c(C)cc1-4)c1cc(C)c(C)cc31.[Cu+2]. The Morgan fingerprint density at radius 1 is 0.244 bits per heavy atom. The molecule has 2 aliphatic rings. The third kappa shape index (κ3) is 8.97. The first-order valence-electron chi connectivity index (χ1n) is 30.4. The van der Waals surface area contributed by atoms with E-state index >= 15 is 0 Å². The van der Waals surface area contributed by atoms with E-state index in [0.717, 1.165) is 88.6 Å². The molecule has 0 fully saturated rings. The minimum Gasteiger partial charge on any atom is -0.657 e. The van der Waals surface area contributed by atoms with Crippen LogP contribution >= 0.6 is 0 Å². The number of nitrogens with zero attached hydrogens (tertiary/aromatic N) is 4. The van der Waals surface area contributed by atoms with Gasteiger partial charge in [-0.15, -0.1) is 22.1 Å². The van der Waals surface area contributed by atoms with Gasteiger partial charge in [0.1, 0.15) is 0 Å². The molecule has 8 aromatic carbocycles. The first kappa shape index (κ1) is 57.7. The fraction of sp³-hybridized carbons (Fsp3) is 0.231. The summed E-state index contributed by atoms with van der Waals surface area (Å²) in [7, 11) is 0. The summed E-state index contributed by atoms with van der Waals surface area (Å²) < 4.78 is 0. The van der Waals surface area contributed by atoms with Crippen molar-refractivity contribution in [2.75, 3.05) is 0 Å². The van der Waals surface area contributed by atoms with Gasteiger partial charge >= 0.3 is 17.1 Å². The van der Waals surface area contributed by atoms with Crippen molar-refractivity contribution < 1.29 is 17.1 Å². The molecule has 0 unspecified atom stereocenters. The van der Waals surface area contributed by atoms with Crippen LogP contribution in [0, 0.1) is 96.9 Å². The van der Waals surface area contributed by atoms with Gasteiger partial charge < -0.3 is 24.9 Å². The number of aromatic nitrogens is 7. The molecule has 0 amide bonds. The Labute approximate surface area is 514 Å². The molecular formula is C78H75CuN7. The van der Waals surface area contributed by atoms with Crippen LogP contribution in [0.25, 0.3) is 154 Å². The van der Waals surface area contributed by atoms with Crippen molar-refractivity contribution in [2.24, 2.45) is 0 Å². The zero-order valence-electron chi connectivity index (χ0n) is 53.0. The molecule has 86 heavy (non-hydrogen) atoms. The number of aryl methyl sites for hydroxylation is 14. The number of hydrogen-bond acceptors (Lipinski definition) is 2. The van der Waals surface area contributed by atoms with Crippen molar-refractivity contribution in [3.63, 3.8) is 0 Å². The number of fused-ring (bicyclic) bond motifs is 32. The Kier molecular flexibility index (Phi) is 14.4. The molecule has 0 atom stereocenters. The minimum atomic E-state index is 0. The van der Waals surface area contributed by atoms with Gasteiger partial charge in [0.2, 0.25) is 0 Å². The van der Waals surface area contributed by atoms with Gasteiger partial charge in [0.05, 0.1) is 39.3 Å². The van der Waals surface area contributed by atoms with Gasteiger partial charge in [-0.2, -0.15) is 0 Å². The summed E-state index contributed by atoms with van der Waals surface area (Å²) in [5, 5.41) is 12.3. The number of nitrogens with one attached hydrogen (secondary N) is 3. The van der Waals surface area contributed by atoms with E-state index in [1.165, 1.54) is 143 Å². The third-order valence-electron chi connectivity index (χ3n) is 18.8. The normalized spacial score (nSPS) is 11.7. The summed E-state index contributed by atoms with van der Waals surface area (Å²) in [4.78, 5) is 32.7. The van der Waals surface area contributed by atoms with Gasteiger partial charge in [0.15, 0.2) is 0 Å². The largest absolute Gasteiger partial charge is 2.00 e. The molecular weight excluding hydrogens is 1100 g/mol. The van der Waals surface area contributed by atoms with Crippen molar-refractivity contribution in [1.82, 2.24) is 34.9 Å². The van der Waals surface area contributed by atoms with Crippen molar-refractivity contribution >= 4 is 109 Å². The molecule has 0 spiro atoms. The van der Waals surface area contributed by atoms with Gasteiger partial charge in [-0.25, -0.2) is 9.97 Å². The Hall–Kier alpha value is -8.68. The number of hydrogen-bond donors (Lipinski definition) is 3. The number of aromatic amines is 3. The van der Waals surface area contributed by atoms with Crippen molar-refractivity contribution in [1.29, 1.82) is 0 Å². The molecule has 8 heteroatoms. The minimum absolute atomic E-state index is 0. The van der Waals surface area contributed by atoms with E-state index in [9.17, 15) is 0 Å². The molecule has 8 heterocycles. The monoisotopic (exact) mass is 1170 g/mol. The van der Waals surface area contributed by atoms with E-state index in [0.29, 0.717) is 0 Å². The van der Waals surface area contributed by atoms with Crippen LogP contribution in [0.2, 0.25) is 0 Å². The fourth-order valence-corrected chi connectivity index (χ4v) is 13.1. The predicted octanol–water partition coefficient (Wildman–Crippen LogP) is 21.5. The molecule has 16 rings (SSSR count). The molecule has 6 aromatic heterocycles. The third-order valence-corrected chi connectivity index (χ3v) is 18.8. The summed E-state index contributed by atoms with van der Waals surface area (Å²) in [5.41, 5.74) is 37.1. The summed E-state index contributed by atoms with van der Waals surface area (Å²) in [6.45, 7) is 38.6. The van der Waals surface area contributed by atoms with E-state index in [1.807, 2.05) is 27.7 Å². The maximum absolute atomic E-state index is 5.31. The van der Waals surface area contributed by atoms with Crippen LogP contribution < -0.4 is 9.97 Å². The average Bonchev–Trinajstić information content (AvgIpc) is 1.64. The molecule has 0 saturated heterocycles. The van der Waals surface area contributed by atoms with Crippen molar-refractivity contribution in [2.45, 2.75) is 125 Å². The van der Waals surface area contributed by atoms with Crippen LogP contribution in [0.5, 0.6) is 0 Å². The zero-order valence-corrected chi connectivity index (χ0v) is 53.9. The first-order chi connectivity index (χ1) is 40.8. The van der Waals surface area contributed by atoms with Gasteiger partial charge in [-0.1, -0.05) is 52.0 Å². The maximum atomic E-state index is 5.31. The molecule has 14 aromatic rings. The predicted molar refractivity (Wildman–Crippen MR) is 366 cm³/mol. The van der Waals surface area contributed by atoms with Crippen LogP contribution in [0.15, 0.2) is 109 Å². The van der Waals surface area contributed by atoms with Gasteiger partial charge in [-0.05, 0) is 281 Å². The van der Waals surface area contributed by atoms with Crippen LogP contribution in [-0.2, 0) is 17.1 Å². The summed E-state index contributed by atoms with van der Waals surface area (Å²) in [6.07, 6.45) is 0. The maximum Gasteiger partial charge on any atom is 2.00 e.